The van der Waals surface area contributed by atoms with Crippen molar-refractivity contribution in [2.75, 3.05) is 0 Å². The zero-order chi connectivity index (χ0) is 8.10. The standard InChI is InChI=1S/C9H14O2/c1-8(10)11-9-6-4-2-3-5-7-9/h4,6,9H,2-3,5,7H2,1H3/t9-/m1/s1. The Labute approximate surface area is 67.2 Å². The Bertz CT molecular complexity index is 161. The first kappa shape index (κ1) is 8.31. The zero-order valence-corrected chi connectivity index (χ0v) is 6.88. The van der Waals surface area contributed by atoms with Gasteiger partial charge in [-0.1, -0.05) is 6.08 Å². The van der Waals surface area contributed by atoms with Crippen molar-refractivity contribution >= 4 is 5.97 Å². The Hall–Kier alpha value is -0.790. The van der Waals surface area contributed by atoms with Crippen molar-refractivity contribution in [1.82, 2.24) is 0 Å². The van der Waals surface area contributed by atoms with E-state index in [1.54, 1.807) is 0 Å². The van der Waals surface area contributed by atoms with E-state index in [-0.39, 0.29) is 12.1 Å². The number of allylic oxidation sites excluding steroid dienone is 1. The minimum absolute atomic E-state index is 0.0370. The maximum atomic E-state index is 10.6. The number of rotatable bonds is 1. The van der Waals surface area contributed by atoms with Gasteiger partial charge in [-0.15, -0.1) is 0 Å². The van der Waals surface area contributed by atoms with Crippen LogP contribution in [0.5, 0.6) is 0 Å². The number of ether oxygens (including phenoxy) is 1. The fourth-order valence-electron chi connectivity index (χ4n) is 1.26. The van der Waals surface area contributed by atoms with Crippen LogP contribution in [-0.4, -0.2) is 12.1 Å². The third-order valence-corrected chi connectivity index (χ3v) is 1.78. The van der Waals surface area contributed by atoms with Gasteiger partial charge < -0.3 is 4.74 Å². The van der Waals surface area contributed by atoms with Gasteiger partial charge in [0.05, 0.1) is 0 Å². The monoisotopic (exact) mass is 154 g/mol. The second-order valence-electron chi connectivity index (χ2n) is 2.86. The van der Waals surface area contributed by atoms with Gasteiger partial charge in [0, 0.05) is 6.92 Å². The smallest absolute Gasteiger partial charge is 0.303 e. The Kier molecular flexibility index (Phi) is 3.14. The molecule has 2 nitrogen and oxygen atoms in total. The average molecular weight is 154 g/mol. The number of esters is 1. The molecule has 62 valence electrons. The van der Waals surface area contributed by atoms with Crippen LogP contribution >= 0.6 is 0 Å². The first-order valence-electron chi connectivity index (χ1n) is 4.13. The van der Waals surface area contributed by atoms with Crippen molar-refractivity contribution < 1.29 is 9.53 Å². The number of carbonyl (C=O) groups is 1. The van der Waals surface area contributed by atoms with E-state index < -0.39 is 0 Å². The van der Waals surface area contributed by atoms with Crippen molar-refractivity contribution in [2.24, 2.45) is 0 Å². The molecule has 1 aliphatic carbocycles. The zero-order valence-electron chi connectivity index (χ0n) is 6.88. The van der Waals surface area contributed by atoms with Crippen molar-refractivity contribution in [3.8, 4) is 0 Å². The van der Waals surface area contributed by atoms with Gasteiger partial charge in [-0.05, 0) is 31.8 Å². The van der Waals surface area contributed by atoms with Gasteiger partial charge in [0.2, 0.25) is 0 Å². The van der Waals surface area contributed by atoms with Gasteiger partial charge in [-0.3, -0.25) is 4.79 Å². The normalized spacial score (nSPS) is 24.3. The van der Waals surface area contributed by atoms with Gasteiger partial charge in [0.1, 0.15) is 6.10 Å². The molecular weight excluding hydrogens is 140 g/mol. The quantitative estimate of drug-likeness (QED) is 0.427. The van der Waals surface area contributed by atoms with Crippen molar-refractivity contribution in [3.05, 3.63) is 12.2 Å². The van der Waals surface area contributed by atoms with E-state index in [4.69, 9.17) is 4.74 Å². The molecule has 0 unspecified atom stereocenters. The highest BCUT2D eigenvalue weighted by atomic mass is 16.5. The Morgan fingerprint density at radius 3 is 3.09 bits per heavy atom. The Morgan fingerprint density at radius 2 is 2.36 bits per heavy atom. The summed E-state index contributed by atoms with van der Waals surface area (Å²) < 4.78 is 5.05. The van der Waals surface area contributed by atoms with E-state index >= 15 is 0 Å². The molecule has 11 heavy (non-hydrogen) atoms. The van der Waals surface area contributed by atoms with Crippen LogP contribution in [0.15, 0.2) is 12.2 Å². The Balaban J connectivity index is 2.36. The highest BCUT2D eigenvalue weighted by molar-refractivity contribution is 5.66. The lowest BCUT2D eigenvalue weighted by atomic mass is 10.2. The largest absolute Gasteiger partial charge is 0.458 e. The molecule has 0 aromatic rings. The number of carbonyl (C=O) groups excluding carboxylic acids is 1. The molecule has 0 aliphatic heterocycles. The molecule has 1 aliphatic rings. The van der Waals surface area contributed by atoms with E-state index in [9.17, 15) is 4.79 Å². The van der Waals surface area contributed by atoms with Gasteiger partial charge >= 0.3 is 5.97 Å². The van der Waals surface area contributed by atoms with Crippen molar-refractivity contribution in [1.29, 1.82) is 0 Å². The van der Waals surface area contributed by atoms with E-state index in [1.807, 2.05) is 6.08 Å². The highest BCUT2D eigenvalue weighted by Gasteiger charge is 2.09. The van der Waals surface area contributed by atoms with E-state index in [0.717, 1.165) is 19.3 Å². The fourth-order valence-corrected chi connectivity index (χ4v) is 1.26. The lowest BCUT2D eigenvalue weighted by molar-refractivity contribution is -0.144. The molecule has 0 aromatic heterocycles. The molecule has 0 bridgehead atoms. The van der Waals surface area contributed by atoms with Crippen LogP contribution in [0.25, 0.3) is 0 Å². The third-order valence-electron chi connectivity index (χ3n) is 1.78. The fraction of sp³-hybridized carbons (Fsp3) is 0.667. The highest BCUT2D eigenvalue weighted by Crippen LogP contribution is 2.13. The van der Waals surface area contributed by atoms with Crippen LogP contribution in [-0.2, 0) is 9.53 Å². The third kappa shape index (κ3) is 3.21. The second-order valence-corrected chi connectivity index (χ2v) is 2.86. The molecule has 0 saturated heterocycles. The van der Waals surface area contributed by atoms with Gasteiger partial charge in [-0.25, -0.2) is 0 Å². The molecule has 0 saturated carbocycles. The lowest BCUT2D eigenvalue weighted by Gasteiger charge is -2.09. The minimum atomic E-state index is -0.179. The predicted molar refractivity (Wildman–Crippen MR) is 43.2 cm³/mol. The molecule has 0 aromatic carbocycles. The summed E-state index contributed by atoms with van der Waals surface area (Å²) in [6.07, 6.45) is 8.61. The molecule has 0 amide bonds. The molecule has 1 atom stereocenters. The minimum Gasteiger partial charge on any atom is -0.458 e. The summed E-state index contributed by atoms with van der Waals surface area (Å²) in [6.45, 7) is 1.46. The van der Waals surface area contributed by atoms with Crippen molar-refractivity contribution in [2.45, 2.75) is 38.7 Å². The lowest BCUT2D eigenvalue weighted by Crippen LogP contribution is -2.12. The van der Waals surface area contributed by atoms with Crippen LogP contribution in [0.4, 0.5) is 0 Å². The van der Waals surface area contributed by atoms with Crippen molar-refractivity contribution in [3.63, 3.8) is 0 Å². The molecule has 0 N–H and O–H groups in total. The summed E-state index contributed by atoms with van der Waals surface area (Å²) in [5.74, 6) is -0.179. The first-order valence-corrected chi connectivity index (χ1v) is 4.13. The van der Waals surface area contributed by atoms with Crippen LogP contribution in [0.2, 0.25) is 0 Å². The van der Waals surface area contributed by atoms with Crippen LogP contribution < -0.4 is 0 Å². The average Bonchev–Trinajstić information content (AvgIpc) is 2.14. The molecule has 0 radical (unpaired) electrons. The van der Waals surface area contributed by atoms with Crippen LogP contribution in [0.1, 0.15) is 32.6 Å². The van der Waals surface area contributed by atoms with Crippen LogP contribution in [0.3, 0.4) is 0 Å². The van der Waals surface area contributed by atoms with Gasteiger partial charge in [0.15, 0.2) is 0 Å². The van der Waals surface area contributed by atoms with E-state index in [0.29, 0.717) is 0 Å². The first-order chi connectivity index (χ1) is 5.29. The molecule has 2 heteroatoms. The maximum Gasteiger partial charge on any atom is 0.303 e. The van der Waals surface area contributed by atoms with Gasteiger partial charge in [-0.2, -0.15) is 0 Å². The molecule has 0 spiro atoms. The van der Waals surface area contributed by atoms with E-state index in [2.05, 4.69) is 6.08 Å². The molecular formula is C9H14O2. The second kappa shape index (κ2) is 4.16. The Morgan fingerprint density at radius 1 is 1.55 bits per heavy atom. The summed E-state index contributed by atoms with van der Waals surface area (Å²) >= 11 is 0. The number of hydrogen-bond donors (Lipinski definition) is 0. The summed E-state index contributed by atoms with van der Waals surface area (Å²) in [5.41, 5.74) is 0. The molecule has 0 fully saturated rings. The summed E-state index contributed by atoms with van der Waals surface area (Å²) in [4.78, 5) is 10.6. The van der Waals surface area contributed by atoms with Crippen LogP contribution in [0, 0.1) is 0 Å². The summed E-state index contributed by atoms with van der Waals surface area (Å²) in [7, 11) is 0. The predicted octanol–water partition coefficient (Wildman–Crippen LogP) is 2.05. The number of hydrogen-bond acceptors (Lipinski definition) is 2. The molecule has 0 heterocycles. The summed E-state index contributed by atoms with van der Waals surface area (Å²) in [5, 5.41) is 0. The SMILES string of the molecule is CC(=O)O[C@@H]1C=CCCCC1. The van der Waals surface area contributed by atoms with E-state index in [1.165, 1.54) is 13.3 Å². The summed E-state index contributed by atoms with van der Waals surface area (Å²) in [6, 6.07) is 0. The maximum absolute atomic E-state index is 10.6. The topological polar surface area (TPSA) is 26.3 Å². The van der Waals surface area contributed by atoms with Gasteiger partial charge in [0.25, 0.3) is 0 Å². The molecule has 1 rings (SSSR count).